The molecule has 340 valence electrons. The molecule has 1 aliphatic rings. The number of fused-ring (bicyclic) bond motifs is 10. The third-order valence-electron chi connectivity index (χ3n) is 14.0. The fourth-order valence-electron chi connectivity index (χ4n) is 10.6. The van der Waals surface area contributed by atoms with Crippen LogP contribution in [0.5, 0.6) is 11.5 Å². The fraction of sp³-hybridized carbons (Fsp3) is 0.0909. The lowest BCUT2D eigenvalue weighted by molar-refractivity contribution is -0.570. The smallest absolute Gasteiger partial charge is 0.269 e. The number of imidazole rings is 1. The molecule has 0 saturated carbocycles. The van der Waals surface area contributed by atoms with Crippen LogP contribution in [-0.4, -0.2) is 14.1 Å². The summed E-state index contributed by atoms with van der Waals surface area (Å²) in [5.74, 6) is 2.02. The Morgan fingerprint density at radius 2 is 1.14 bits per heavy atom. The van der Waals surface area contributed by atoms with Gasteiger partial charge in [-0.15, -0.1) is 0 Å². The molecule has 0 saturated heterocycles. The highest BCUT2D eigenvalue weighted by Crippen LogP contribution is 2.47. The molecule has 0 N–H and O–H groups in total. The van der Waals surface area contributed by atoms with Crippen molar-refractivity contribution in [3.63, 3.8) is 0 Å². The number of hydrogen-bond donors (Lipinski definition) is 0. The van der Waals surface area contributed by atoms with Crippen LogP contribution in [0.1, 0.15) is 45.7 Å². The summed E-state index contributed by atoms with van der Waals surface area (Å²) in [4.78, 5) is 4.89. The average Bonchev–Trinajstić information content (AvgIpc) is 4.23. The first-order valence-electron chi connectivity index (χ1n) is 26.9. The second kappa shape index (κ2) is 16.4. The van der Waals surface area contributed by atoms with Gasteiger partial charge in [-0.05, 0) is 146 Å². The molecule has 0 fully saturated rings. The van der Waals surface area contributed by atoms with Crippen molar-refractivity contribution in [2.75, 3.05) is 0 Å². The summed E-state index contributed by atoms with van der Waals surface area (Å²) in [6, 6.07) is 68.4. The van der Waals surface area contributed by atoms with Crippen LogP contribution in [0.15, 0.2) is 212 Å². The van der Waals surface area contributed by atoms with Crippen LogP contribution >= 0.6 is 0 Å². The molecule has 0 radical (unpaired) electrons. The van der Waals surface area contributed by atoms with Crippen LogP contribution in [-0.2, 0) is 5.41 Å². The molecule has 5 heteroatoms. The maximum Gasteiger partial charge on any atom is 0.269 e. The van der Waals surface area contributed by atoms with Gasteiger partial charge in [-0.25, -0.2) is 4.98 Å². The number of rotatable bonds is 6. The third-order valence-corrected chi connectivity index (χ3v) is 14.0. The first-order valence-corrected chi connectivity index (χ1v) is 23.9. The van der Waals surface area contributed by atoms with Crippen LogP contribution in [0.2, 0.25) is 0 Å². The van der Waals surface area contributed by atoms with E-state index in [1.165, 1.54) is 23.8 Å². The highest BCUT2D eigenvalue weighted by molar-refractivity contribution is 6.09. The minimum Gasteiger partial charge on any atom is -0.458 e. The maximum absolute atomic E-state index is 8.79. The molecule has 3 aromatic heterocycles. The van der Waals surface area contributed by atoms with Crippen molar-refractivity contribution in [1.29, 1.82) is 0 Å². The predicted molar refractivity (Wildman–Crippen MR) is 291 cm³/mol. The van der Waals surface area contributed by atoms with Crippen LogP contribution < -0.4 is 9.30 Å². The molecule has 0 bridgehead atoms. The SMILES string of the molecule is [2H]C([2H])([2H])c1cccc(C([2H])([2H])[2H])c1-c1cc2c3c(c1)n(-c1cccc(Oc4ccc5c6ccccc6n(-c6cc(C(C)(C)C)ccn6)c5c4)c1)[c-][n+]3-c1c(-c3ccccc3)cccc1-c1ccccc1-c1ccccc1-2. The van der Waals surface area contributed by atoms with Gasteiger partial charge in [0.15, 0.2) is 0 Å². The lowest BCUT2D eigenvalue weighted by Gasteiger charge is -2.20. The molecule has 4 heterocycles. The zero-order valence-electron chi connectivity index (χ0n) is 45.4. The van der Waals surface area contributed by atoms with Gasteiger partial charge in [0.05, 0.1) is 33.4 Å². The quantitative estimate of drug-likeness (QED) is 0.123. The van der Waals surface area contributed by atoms with E-state index in [0.717, 1.165) is 83.3 Å². The van der Waals surface area contributed by atoms with E-state index in [1.54, 1.807) is 0 Å². The van der Waals surface area contributed by atoms with Gasteiger partial charge in [-0.1, -0.05) is 166 Å². The minimum atomic E-state index is -2.64. The lowest BCUT2D eigenvalue weighted by atomic mass is 9.87. The van der Waals surface area contributed by atoms with Crippen molar-refractivity contribution in [3.05, 3.63) is 235 Å². The van der Waals surface area contributed by atoms with E-state index in [9.17, 15) is 0 Å². The molecular weight excluding hydrogens is 865 g/mol. The van der Waals surface area contributed by atoms with Gasteiger partial charge < -0.3 is 4.74 Å². The fourth-order valence-corrected chi connectivity index (χ4v) is 10.6. The molecule has 0 spiro atoms. The summed E-state index contributed by atoms with van der Waals surface area (Å²) in [6.07, 6.45) is 5.73. The Bertz CT molecular complexity index is 4300. The highest BCUT2D eigenvalue weighted by Gasteiger charge is 2.28. The second-order valence-electron chi connectivity index (χ2n) is 19.3. The Morgan fingerprint density at radius 1 is 0.507 bits per heavy atom. The summed E-state index contributed by atoms with van der Waals surface area (Å²) >= 11 is 0. The molecule has 9 aromatic carbocycles. The molecule has 0 unspecified atom stereocenters. The van der Waals surface area contributed by atoms with Crippen molar-refractivity contribution in [2.24, 2.45) is 0 Å². The number of benzene rings is 9. The first kappa shape index (κ1) is 36.2. The average molecular weight is 921 g/mol. The Hall–Kier alpha value is -8.80. The number of aryl methyl sites for hydroxylation is 2. The van der Waals surface area contributed by atoms with Gasteiger partial charge >= 0.3 is 0 Å². The van der Waals surface area contributed by atoms with Crippen molar-refractivity contribution >= 4 is 32.8 Å². The van der Waals surface area contributed by atoms with Crippen molar-refractivity contribution in [3.8, 4) is 84.3 Å². The van der Waals surface area contributed by atoms with Crippen LogP contribution in [0, 0.1) is 20.0 Å². The maximum atomic E-state index is 8.79. The molecular formula is C66H50N4O. The van der Waals surface area contributed by atoms with E-state index < -0.39 is 13.7 Å². The van der Waals surface area contributed by atoms with Crippen LogP contribution in [0.25, 0.3) is 106 Å². The molecule has 1 aliphatic heterocycles. The van der Waals surface area contributed by atoms with Crippen molar-refractivity contribution in [2.45, 2.75) is 39.9 Å². The summed E-state index contributed by atoms with van der Waals surface area (Å²) in [5, 5.41) is 2.18. The number of hydrogen-bond acceptors (Lipinski definition) is 2. The Morgan fingerprint density at radius 3 is 1.90 bits per heavy atom. The van der Waals surface area contributed by atoms with Gasteiger partial charge in [0.25, 0.3) is 6.33 Å². The van der Waals surface area contributed by atoms with Gasteiger partial charge in [0, 0.05) is 31.3 Å². The number of pyridine rings is 1. The molecule has 12 aromatic rings. The van der Waals surface area contributed by atoms with Crippen molar-refractivity contribution in [1.82, 2.24) is 14.1 Å². The van der Waals surface area contributed by atoms with Gasteiger partial charge in [0.1, 0.15) is 17.3 Å². The topological polar surface area (TPSA) is 35.9 Å². The minimum absolute atomic E-state index is 0.0462. The largest absolute Gasteiger partial charge is 0.458 e. The summed E-state index contributed by atoms with van der Waals surface area (Å²) in [6.45, 7) is 1.33. The molecule has 0 atom stereocenters. The number of nitrogens with zero attached hydrogens (tertiary/aromatic N) is 4. The van der Waals surface area contributed by atoms with E-state index in [1.807, 2.05) is 89.6 Å². The molecule has 71 heavy (non-hydrogen) atoms. The Labute approximate surface area is 422 Å². The monoisotopic (exact) mass is 920 g/mol. The van der Waals surface area contributed by atoms with E-state index in [0.29, 0.717) is 28.3 Å². The van der Waals surface area contributed by atoms with Crippen molar-refractivity contribution < 1.29 is 17.5 Å². The molecule has 0 amide bonds. The number of ether oxygens (including phenoxy) is 1. The van der Waals surface area contributed by atoms with E-state index >= 15 is 0 Å². The third kappa shape index (κ3) is 6.99. The molecule has 5 nitrogen and oxygen atoms in total. The summed E-state index contributed by atoms with van der Waals surface area (Å²) < 4.78 is 65.9. The first-order chi connectivity index (χ1) is 37.1. The summed E-state index contributed by atoms with van der Waals surface area (Å²) in [5.41, 5.74) is 14.2. The zero-order valence-corrected chi connectivity index (χ0v) is 39.4. The van der Waals surface area contributed by atoms with Gasteiger partial charge in [-0.2, -0.15) is 0 Å². The van der Waals surface area contributed by atoms with Crippen LogP contribution in [0.3, 0.4) is 0 Å². The van der Waals surface area contributed by atoms with E-state index in [2.05, 4.69) is 145 Å². The molecule has 0 aliphatic carbocycles. The number of para-hydroxylation sites is 2. The Kier molecular flexibility index (Phi) is 8.38. The highest BCUT2D eigenvalue weighted by atomic mass is 16.5. The Balaban J connectivity index is 1.08. The second-order valence-corrected chi connectivity index (χ2v) is 19.3. The normalized spacial score (nSPS) is 13.6. The molecule has 13 rings (SSSR count). The lowest BCUT2D eigenvalue weighted by Crippen LogP contribution is -2.32. The van der Waals surface area contributed by atoms with E-state index in [-0.39, 0.29) is 22.1 Å². The summed E-state index contributed by atoms with van der Waals surface area (Å²) in [7, 11) is 0. The standard InChI is InChI=1S/C66H50N4O/c1-42-18-15-19-43(2)63(42)45-36-58-54-27-12-10-25-52(54)51-24-9-11-26-53(51)57-30-17-29-50(44-20-7-6-8-21-44)64(57)69-41-68(61(37-45)65(58)69)47-22-16-23-48(39-47)71-49-32-33-56-55-28-13-14-31-59(55)70(60(56)40-49)62-38-46(34-35-67-62)66(3,4)5/h6-40H,1-5H3/i1D3,2D3. The van der Waals surface area contributed by atoms with Crippen LogP contribution in [0.4, 0.5) is 0 Å². The zero-order chi connectivity index (χ0) is 53.0. The predicted octanol–water partition coefficient (Wildman–Crippen LogP) is 16.6. The number of aromatic nitrogens is 4. The van der Waals surface area contributed by atoms with Gasteiger partial charge in [0.2, 0.25) is 0 Å². The van der Waals surface area contributed by atoms with E-state index in [4.69, 9.17) is 17.9 Å². The van der Waals surface area contributed by atoms with Gasteiger partial charge in [-0.3, -0.25) is 13.7 Å².